The fraction of sp³-hybridized carbons (Fsp3) is 0.905. The fourth-order valence-electron chi connectivity index (χ4n) is 6.61. The lowest BCUT2D eigenvalue weighted by molar-refractivity contribution is -0.153. The van der Waals surface area contributed by atoms with Crippen LogP contribution >= 0.6 is 0 Å². The van der Waals surface area contributed by atoms with E-state index in [-0.39, 0.29) is 37.0 Å². The second-order valence-electron chi connectivity index (χ2n) is 14.8. The van der Waals surface area contributed by atoms with E-state index in [1.807, 2.05) is 0 Å². The first-order valence-corrected chi connectivity index (χ1v) is 21.6. The Labute approximate surface area is 308 Å². The number of hydrogen-bond acceptors (Lipinski definition) is 5. The van der Waals surface area contributed by atoms with Crippen LogP contribution in [0.4, 0.5) is 0 Å². The molecule has 0 aromatic heterocycles. The number of imide groups is 1. The zero-order valence-electron chi connectivity index (χ0n) is 33.1. The molecule has 8 nitrogen and oxygen atoms in total. The topological polar surface area (TPSA) is 122 Å². The molecule has 0 aromatic rings. The Balaban J connectivity index is 4.21. The van der Waals surface area contributed by atoms with Crippen LogP contribution in [0, 0.1) is 0 Å². The first-order valence-electron chi connectivity index (χ1n) is 21.6. The average molecular weight is 707 g/mol. The van der Waals surface area contributed by atoms with E-state index >= 15 is 0 Å². The van der Waals surface area contributed by atoms with E-state index < -0.39 is 5.91 Å². The van der Waals surface area contributed by atoms with Gasteiger partial charge in [0.1, 0.15) is 0 Å². The first-order chi connectivity index (χ1) is 24.5. The van der Waals surface area contributed by atoms with Crippen LogP contribution in [0.5, 0.6) is 0 Å². The molecule has 0 aliphatic heterocycles. The minimum atomic E-state index is -0.408. The van der Waals surface area contributed by atoms with Crippen molar-refractivity contribution in [2.75, 3.05) is 0 Å². The third kappa shape index (κ3) is 33.2. The standard InChI is InChI=1S/C42H82N4O4/c1-3-5-7-9-11-13-15-17-19-21-23-25-27-29-31-36-40(48)45-46(42(50)38-34-33-35-39(47)44-43)41(49)37-32-30-28-26-24-22-20-18-16-14-12-10-8-6-4-2/h3-38,43H2,1-2H3,(H,44,47)(H,45,48). The van der Waals surface area contributed by atoms with Gasteiger partial charge in [0.2, 0.25) is 23.6 Å². The summed E-state index contributed by atoms with van der Waals surface area (Å²) < 4.78 is 0. The molecule has 8 heteroatoms. The highest BCUT2D eigenvalue weighted by atomic mass is 16.2. The summed E-state index contributed by atoms with van der Waals surface area (Å²) in [7, 11) is 0. The summed E-state index contributed by atoms with van der Waals surface area (Å²) >= 11 is 0. The number of rotatable bonds is 37. The van der Waals surface area contributed by atoms with Gasteiger partial charge in [-0.1, -0.05) is 194 Å². The van der Waals surface area contributed by atoms with E-state index in [2.05, 4.69) is 24.7 Å². The largest absolute Gasteiger partial charge is 0.294 e. The number of hydrogen-bond donors (Lipinski definition) is 3. The predicted molar refractivity (Wildman–Crippen MR) is 210 cm³/mol. The van der Waals surface area contributed by atoms with Crippen molar-refractivity contribution in [1.82, 2.24) is 15.9 Å². The Morgan fingerprint density at radius 1 is 0.360 bits per heavy atom. The zero-order chi connectivity index (χ0) is 36.8. The summed E-state index contributed by atoms with van der Waals surface area (Å²) in [6, 6.07) is 0. The van der Waals surface area contributed by atoms with E-state index in [1.165, 1.54) is 154 Å². The van der Waals surface area contributed by atoms with Gasteiger partial charge in [0.05, 0.1) is 0 Å². The van der Waals surface area contributed by atoms with Crippen molar-refractivity contribution in [2.24, 2.45) is 5.84 Å². The van der Waals surface area contributed by atoms with Crippen LogP contribution < -0.4 is 16.7 Å². The molecule has 0 rings (SSSR count). The lowest BCUT2D eigenvalue weighted by atomic mass is 10.0. The van der Waals surface area contributed by atoms with Gasteiger partial charge in [-0.05, 0) is 25.7 Å². The van der Waals surface area contributed by atoms with E-state index in [4.69, 9.17) is 5.84 Å². The molecule has 0 atom stereocenters. The molecule has 4 amide bonds. The lowest BCUT2D eigenvalue weighted by Crippen LogP contribution is -2.49. The molecule has 0 aliphatic carbocycles. The lowest BCUT2D eigenvalue weighted by Gasteiger charge is -2.21. The van der Waals surface area contributed by atoms with Gasteiger partial charge in [-0.25, -0.2) is 5.84 Å². The molecule has 0 spiro atoms. The third-order valence-electron chi connectivity index (χ3n) is 9.94. The van der Waals surface area contributed by atoms with Crippen molar-refractivity contribution >= 4 is 23.6 Å². The maximum atomic E-state index is 13.1. The smallest absolute Gasteiger partial charge is 0.248 e. The van der Waals surface area contributed by atoms with Gasteiger partial charge in [-0.2, -0.15) is 5.01 Å². The van der Waals surface area contributed by atoms with Crippen LogP contribution in [-0.2, 0) is 19.2 Å². The minimum absolute atomic E-state index is 0.0989. The Hall–Kier alpha value is -1.96. The average Bonchev–Trinajstić information content (AvgIpc) is 3.11. The van der Waals surface area contributed by atoms with Gasteiger partial charge in [-0.15, -0.1) is 0 Å². The molecular weight excluding hydrogens is 624 g/mol. The second kappa shape index (κ2) is 38.3. The van der Waals surface area contributed by atoms with Crippen LogP contribution in [0.25, 0.3) is 0 Å². The summed E-state index contributed by atoms with van der Waals surface area (Å²) in [6.45, 7) is 4.53. The van der Waals surface area contributed by atoms with Gasteiger partial charge in [-0.3, -0.25) is 30.0 Å². The number of nitrogens with one attached hydrogen (secondary N) is 2. The first kappa shape index (κ1) is 48.0. The van der Waals surface area contributed by atoms with E-state index in [9.17, 15) is 19.2 Å². The molecule has 0 fully saturated rings. The summed E-state index contributed by atoms with van der Waals surface area (Å²) in [6.07, 6.45) is 39.5. The normalized spacial score (nSPS) is 11.1. The second-order valence-corrected chi connectivity index (χ2v) is 14.8. The quantitative estimate of drug-likeness (QED) is 0.0257. The van der Waals surface area contributed by atoms with Crippen LogP contribution in [0.15, 0.2) is 0 Å². The van der Waals surface area contributed by atoms with Crippen molar-refractivity contribution in [3.63, 3.8) is 0 Å². The third-order valence-corrected chi connectivity index (χ3v) is 9.94. The molecule has 0 heterocycles. The molecule has 0 saturated heterocycles. The van der Waals surface area contributed by atoms with Gasteiger partial charge in [0.15, 0.2) is 0 Å². The van der Waals surface area contributed by atoms with Crippen molar-refractivity contribution in [3.8, 4) is 0 Å². The molecule has 294 valence electrons. The number of hydrazine groups is 2. The Morgan fingerprint density at radius 3 is 0.920 bits per heavy atom. The molecule has 0 unspecified atom stereocenters. The van der Waals surface area contributed by atoms with Crippen LogP contribution in [0.2, 0.25) is 0 Å². The highest BCUT2D eigenvalue weighted by Crippen LogP contribution is 2.16. The number of carbonyl (C=O) groups excluding carboxylic acids is 4. The van der Waals surface area contributed by atoms with E-state index in [1.54, 1.807) is 0 Å². The molecule has 0 radical (unpaired) electrons. The van der Waals surface area contributed by atoms with Gasteiger partial charge in [0.25, 0.3) is 0 Å². The molecule has 4 N–H and O–H groups in total. The summed E-state index contributed by atoms with van der Waals surface area (Å²) in [5.41, 5.74) is 4.72. The van der Waals surface area contributed by atoms with Gasteiger partial charge < -0.3 is 0 Å². The number of nitrogens with zero attached hydrogens (tertiary/aromatic N) is 1. The van der Waals surface area contributed by atoms with Crippen LogP contribution in [0.1, 0.15) is 245 Å². The molecule has 50 heavy (non-hydrogen) atoms. The van der Waals surface area contributed by atoms with Crippen molar-refractivity contribution in [2.45, 2.75) is 245 Å². The SMILES string of the molecule is CCCCCCCCCCCCCCCCCC(=O)NN(C(=O)CCCCCCCCCCCCCCCCC)C(=O)CCCCC(=O)NN. The van der Waals surface area contributed by atoms with Crippen LogP contribution in [0.3, 0.4) is 0 Å². The van der Waals surface area contributed by atoms with Gasteiger partial charge in [0, 0.05) is 25.7 Å². The summed E-state index contributed by atoms with van der Waals surface area (Å²) in [5, 5.41) is 0.959. The monoisotopic (exact) mass is 707 g/mol. The maximum Gasteiger partial charge on any atom is 0.248 e. The zero-order valence-corrected chi connectivity index (χ0v) is 33.1. The van der Waals surface area contributed by atoms with E-state index in [0.717, 1.165) is 37.1 Å². The minimum Gasteiger partial charge on any atom is -0.294 e. The Kier molecular flexibility index (Phi) is 36.8. The maximum absolute atomic E-state index is 13.1. The number of carbonyl (C=O) groups is 4. The summed E-state index contributed by atoms with van der Waals surface area (Å²) in [5.74, 6) is 3.83. The van der Waals surface area contributed by atoms with E-state index in [0.29, 0.717) is 25.7 Å². The Morgan fingerprint density at radius 2 is 0.600 bits per heavy atom. The predicted octanol–water partition coefficient (Wildman–Crippen LogP) is 11.4. The fourth-order valence-corrected chi connectivity index (χ4v) is 6.61. The molecule has 0 saturated carbocycles. The number of amides is 4. The van der Waals surface area contributed by atoms with Crippen molar-refractivity contribution < 1.29 is 19.2 Å². The highest BCUT2D eigenvalue weighted by Gasteiger charge is 2.23. The van der Waals surface area contributed by atoms with Crippen molar-refractivity contribution in [3.05, 3.63) is 0 Å². The molecule has 0 bridgehead atoms. The Bertz CT molecular complexity index is 807. The number of nitrogens with two attached hydrogens (primary N) is 1. The highest BCUT2D eigenvalue weighted by molar-refractivity contribution is 5.97. The van der Waals surface area contributed by atoms with Crippen molar-refractivity contribution in [1.29, 1.82) is 0 Å². The summed E-state index contributed by atoms with van der Waals surface area (Å²) in [4.78, 5) is 50.2. The van der Waals surface area contributed by atoms with Gasteiger partial charge >= 0.3 is 0 Å². The molecule has 0 aliphatic rings. The molecule has 0 aromatic carbocycles. The van der Waals surface area contributed by atoms with Crippen LogP contribution in [-0.4, -0.2) is 28.6 Å². The molecular formula is C42H82N4O4. The number of unbranched alkanes of at least 4 members (excludes halogenated alkanes) is 29.